The summed E-state index contributed by atoms with van der Waals surface area (Å²) in [5.41, 5.74) is 3.19. The molecule has 3 heterocycles. The minimum absolute atomic E-state index is 0.187. The molecule has 1 aliphatic rings. The molecule has 4 rings (SSSR count). The van der Waals surface area contributed by atoms with Gasteiger partial charge in [-0.1, -0.05) is 6.07 Å². The number of phenols is 1. The Kier molecular flexibility index (Phi) is 3.42. The van der Waals surface area contributed by atoms with Gasteiger partial charge >= 0.3 is 0 Å². The van der Waals surface area contributed by atoms with Gasteiger partial charge in [-0.3, -0.25) is 5.10 Å². The van der Waals surface area contributed by atoms with E-state index >= 15 is 0 Å². The highest BCUT2D eigenvalue weighted by atomic mass is 16.3. The minimum Gasteiger partial charge on any atom is -0.507 e. The van der Waals surface area contributed by atoms with Gasteiger partial charge in [0.15, 0.2) is 5.82 Å². The Bertz CT molecular complexity index is 792. The standard InChI is InChI=1S/C17H17N5O/c23-16-9-12(13-10-18-19-11-13)3-4-14(16)15-5-6-17(21-20-15)22-7-1-2-8-22/h3-6,9-11,23H,1-2,7-8H2,(H,18,19). The van der Waals surface area contributed by atoms with Crippen LogP contribution in [0.5, 0.6) is 5.75 Å². The average Bonchev–Trinajstić information content (AvgIpc) is 3.29. The van der Waals surface area contributed by atoms with Gasteiger partial charge in [0, 0.05) is 30.4 Å². The van der Waals surface area contributed by atoms with Gasteiger partial charge in [-0.15, -0.1) is 10.2 Å². The van der Waals surface area contributed by atoms with Crippen LogP contribution in [-0.2, 0) is 0 Å². The van der Waals surface area contributed by atoms with Gasteiger partial charge in [0.2, 0.25) is 0 Å². The van der Waals surface area contributed by atoms with Crippen LogP contribution in [0.15, 0.2) is 42.7 Å². The number of hydrogen-bond donors (Lipinski definition) is 2. The largest absolute Gasteiger partial charge is 0.507 e. The molecular weight excluding hydrogens is 290 g/mol. The van der Waals surface area contributed by atoms with Crippen molar-refractivity contribution in [3.63, 3.8) is 0 Å². The van der Waals surface area contributed by atoms with E-state index in [0.717, 1.165) is 30.0 Å². The average molecular weight is 307 g/mol. The van der Waals surface area contributed by atoms with E-state index in [0.29, 0.717) is 11.3 Å². The summed E-state index contributed by atoms with van der Waals surface area (Å²) in [6.07, 6.45) is 5.93. The van der Waals surface area contributed by atoms with Crippen LogP contribution in [0.25, 0.3) is 22.4 Å². The first-order chi connectivity index (χ1) is 11.3. The Hall–Kier alpha value is -2.89. The number of aromatic amines is 1. The lowest BCUT2D eigenvalue weighted by molar-refractivity contribution is 0.477. The normalized spacial score (nSPS) is 14.3. The molecule has 1 aromatic carbocycles. The van der Waals surface area contributed by atoms with Gasteiger partial charge in [-0.2, -0.15) is 5.10 Å². The molecule has 23 heavy (non-hydrogen) atoms. The molecule has 6 heteroatoms. The van der Waals surface area contributed by atoms with Gasteiger partial charge in [0.05, 0.1) is 11.9 Å². The van der Waals surface area contributed by atoms with Crippen molar-refractivity contribution in [1.82, 2.24) is 20.4 Å². The van der Waals surface area contributed by atoms with Crippen molar-refractivity contribution in [3.05, 3.63) is 42.7 Å². The molecular formula is C17H17N5O. The summed E-state index contributed by atoms with van der Waals surface area (Å²) in [4.78, 5) is 2.23. The summed E-state index contributed by atoms with van der Waals surface area (Å²) in [5, 5.41) is 25.6. The topological polar surface area (TPSA) is 77.9 Å². The summed E-state index contributed by atoms with van der Waals surface area (Å²) in [6.45, 7) is 2.08. The maximum absolute atomic E-state index is 10.3. The zero-order valence-corrected chi connectivity index (χ0v) is 12.6. The molecule has 2 N–H and O–H groups in total. The molecule has 1 saturated heterocycles. The molecule has 0 spiro atoms. The first-order valence-corrected chi connectivity index (χ1v) is 7.72. The highest BCUT2D eigenvalue weighted by molar-refractivity contribution is 5.73. The maximum Gasteiger partial charge on any atom is 0.151 e. The van der Waals surface area contributed by atoms with E-state index in [2.05, 4.69) is 25.3 Å². The second kappa shape index (κ2) is 5.72. The monoisotopic (exact) mass is 307 g/mol. The van der Waals surface area contributed by atoms with Gasteiger partial charge in [0.25, 0.3) is 0 Å². The molecule has 0 atom stereocenters. The molecule has 0 saturated carbocycles. The molecule has 0 radical (unpaired) electrons. The number of H-pyrrole nitrogens is 1. The second-order valence-corrected chi connectivity index (χ2v) is 5.69. The zero-order valence-electron chi connectivity index (χ0n) is 12.6. The third-order valence-corrected chi connectivity index (χ3v) is 4.19. The first-order valence-electron chi connectivity index (χ1n) is 7.72. The van der Waals surface area contributed by atoms with Gasteiger partial charge < -0.3 is 10.0 Å². The molecule has 0 amide bonds. The fourth-order valence-corrected chi connectivity index (χ4v) is 2.92. The van der Waals surface area contributed by atoms with E-state index in [1.165, 1.54) is 12.8 Å². The van der Waals surface area contributed by atoms with Crippen molar-refractivity contribution < 1.29 is 5.11 Å². The lowest BCUT2D eigenvalue weighted by Crippen LogP contribution is -2.19. The van der Waals surface area contributed by atoms with E-state index in [1.54, 1.807) is 18.5 Å². The SMILES string of the molecule is Oc1cc(-c2cn[nH]c2)ccc1-c1ccc(N2CCCC2)nn1. The predicted molar refractivity (Wildman–Crippen MR) is 88.2 cm³/mol. The van der Waals surface area contributed by atoms with Gasteiger partial charge in [0.1, 0.15) is 5.75 Å². The lowest BCUT2D eigenvalue weighted by Gasteiger charge is -2.15. The summed E-state index contributed by atoms with van der Waals surface area (Å²) in [7, 11) is 0. The number of benzene rings is 1. The number of aromatic hydroxyl groups is 1. The highest BCUT2D eigenvalue weighted by Crippen LogP contribution is 2.32. The van der Waals surface area contributed by atoms with Crippen molar-refractivity contribution in [3.8, 4) is 28.1 Å². The summed E-state index contributed by atoms with van der Waals surface area (Å²) in [6, 6.07) is 9.40. The fourth-order valence-electron chi connectivity index (χ4n) is 2.92. The zero-order chi connectivity index (χ0) is 15.6. The van der Waals surface area contributed by atoms with E-state index < -0.39 is 0 Å². The third-order valence-electron chi connectivity index (χ3n) is 4.19. The fraction of sp³-hybridized carbons (Fsp3) is 0.235. The number of aromatic nitrogens is 4. The van der Waals surface area contributed by atoms with Crippen LogP contribution in [0.1, 0.15) is 12.8 Å². The molecule has 3 aromatic rings. The van der Waals surface area contributed by atoms with E-state index in [4.69, 9.17) is 0 Å². The third kappa shape index (κ3) is 2.63. The first kappa shape index (κ1) is 13.8. The Morgan fingerprint density at radius 3 is 2.52 bits per heavy atom. The number of phenolic OH excluding ortho intramolecular Hbond substituents is 1. The van der Waals surface area contributed by atoms with Crippen LogP contribution in [0.3, 0.4) is 0 Å². The van der Waals surface area contributed by atoms with Crippen LogP contribution in [0.4, 0.5) is 5.82 Å². The lowest BCUT2D eigenvalue weighted by atomic mass is 10.0. The van der Waals surface area contributed by atoms with Crippen molar-refractivity contribution in [2.45, 2.75) is 12.8 Å². The molecule has 116 valence electrons. The van der Waals surface area contributed by atoms with Crippen molar-refractivity contribution in [1.29, 1.82) is 0 Å². The summed E-state index contributed by atoms with van der Waals surface area (Å²) >= 11 is 0. The molecule has 1 aliphatic heterocycles. The smallest absolute Gasteiger partial charge is 0.151 e. The minimum atomic E-state index is 0.187. The van der Waals surface area contributed by atoms with Crippen molar-refractivity contribution in [2.75, 3.05) is 18.0 Å². The molecule has 2 aromatic heterocycles. The number of hydrogen-bond acceptors (Lipinski definition) is 5. The van der Waals surface area contributed by atoms with Crippen molar-refractivity contribution >= 4 is 5.82 Å². The van der Waals surface area contributed by atoms with Crippen LogP contribution < -0.4 is 4.90 Å². The number of nitrogens with one attached hydrogen (secondary N) is 1. The van der Waals surface area contributed by atoms with Gasteiger partial charge in [-0.25, -0.2) is 0 Å². The molecule has 0 unspecified atom stereocenters. The Balaban J connectivity index is 1.62. The summed E-state index contributed by atoms with van der Waals surface area (Å²) < 4.78 is 0. The Labute approximate surface area is 133 Å². The second-order valence-electron chi connectivity index (χ2n) is 5.69. The van der Waals surface area contributed by atoms with Crippen LogP contribution >= 0.6 is 0 Å². The maximum atomic E-state index is 10.3. The Morgan fingerprint density at radius 2 is 1.87 bits per heavy atom. The van der Waals surface area contributed by atoms with Crippen LogP contribution in [-0.4, -0.2) is 38.6 Å². The van der Waals surface area contributed by atoms with Gasteiger partial charge in [-0.05, 0) is 42.7 Å². The van der Waals surface area contributed by atoms with Crippen LogP contribution in [0.2, 0.25) is 0 Å². The quantitative estimate of drug-likeness (QED) is 0.778. The molecule has 1 fully saturated rings. The van der Waals surface area contributed by atoms with E-state index in [9.17, 15) is 5.11 Å². The predicted octanol–water partition coefficient (Wildman–Crippen LogP) is 2.84. The number of rotatable bonds is 3. The highest BCUT2D eigenvalue weighted by Gasteiger charge is 2.15. The summed E-state index contributed by atoms with van der Waals surface area (Å²) in [5.74, 6) is 1.09. The molecule has 0 bridgehead atoms. The van der Waals surface area contributed by atoms with Crippen LogP contribution in [0, 0.1) is 0 Å². The molecule has 6 nitrogen and oxygen atoms in total. The number of anilines is 1. The van der Waals surface area contributed by atoms with Crippen molar-refractivity contribution in [2.24, 2.45) is 0 Å². The Morgan fingerprint density at radius 1 is 1.00 bits per heavy atom. The van der Waals surface area contributed by atoms with E-state index in [-0.39, 0.29) is 5.75 Å². The molecule has 0 aliphatic carbocycles. The number of nitrogens with zero attached hydrogens (tertiary/aromatic N) is 4. The van der Waals surface area contributed by atoms with E-state index in [1.807, 2.05) is 24.3 Å².